The Morgan fingerprint density at radius 1 is 1.11 bits per heavy atom. The molecule has 1 N–H and O–H groups in total. The van der Waals surface area contributed by atoms with Gasteiger partial charge in [-0.2, -0.15) is 0 Å². The predicted octanol–water partition coefficient (Wildman–Crippen LogP) is 1.97. The molecule has 0 aromatic heterocycles. The molecule has 2 unspecified atom stereocenters. The van der Waals surface area contributed by atoms with Crippen molar-refractivity contribution in [3.63, 3.8) is 0 Å². The van der Waals surface area contributed by atoms with E-state index in [9.17, 15) is 8.42 Å². The molecule has 2 fully saturated rings. The summed E-state index contributed by atoms with van der Waals surface area (Å²) in [6, 6.07) is 0.170. The van der Waals surface area contributed by atoms with Crippen LogP contribution in [0.1, 0.15) is 51.9 Å². The molecule has 0 amide bonds. The number of hydrogen-bond acceptors (Lipinski definition) is 3. The number of sulfonamides is 1. The first-order valence-electron chi connectivity index (χ1n) is 7.83. The summed E-state index contributed by atoms with van der Waals surface area (Å²) in [5.41, 5.74) is 0. The molecule has 2 rings (SSSR count). The Bertz CT molecular complexity index is 364. The number of piperidine rings is 1. The molecule has 5 heteroatoms. The molecule has 0 aromatic rings. The van der Waals surface area contributed by atoms with Crippen LogP contribution in [0.15, 0.2) is 0 Å². The van der Waals surface area contributed by atoms with Gasteiger partial charge >= 0.3 is 0 Å². The maximum Gasteiger partial charge on any atom is 0.215 e. The molecular formula is C14H28N2O2S. The molecule has 4 nitrogen and oxygen atoms in total. The van der Waals surface area contributed by atoms with E-state index in [0.717, 1.165) is 45.3 Å². The Morgan fingerprint density at radius 2 is 1.95 bits per heavy atom. The first-order valence-corrected chi connectivity index (χ1v) is 9.44. The zero-order valence-corrected chi connectivity index (χ0v) is 12.9. The van der Waals surface area contributed by atoms with Gasteiger partial charge in [0.25, 0.3) is 0 Å². The van der Waals surface area contributed by atoms with Crippen LogP contribution in [-0.2, 0) is 10.0 Å². The summed E-state index contributed by atoms with van der Waals surface area (Å²) in [6.45, 7) is 4.64. The van der Waals surface area contributed by atoms with Crippen molar-refractivity contribution in [2.75, 3.05) is 25.4 Å². The van der Waals surface area contributed by atoms with E-state index in [-0.39, 0.29) is 6.04 Å². The maximum atomic E-state index is 12.5. The molecule has 0 spiro atoms. The highest BCUT2D eigenvalue weighted by atomic mass is 32.2. The Morgan fingerprint density at radius 3 is 2.63 bits per heavy atom. The molecule has 2 saturated heterocycles. The third-order valence-electron chi connectivity index (χ3n) is 4.60. The third kappa shape index (κ3) is 4.43. The number of nitrogens with zero attached hydrogens (tertiary/aromatic N) is 1. The highest BCUT2D eigenvalue weighted by Gasteiger charge is 2.28. The van der Waals surface area contributed by atoms with E-state index in [0.29, 0.717) is 11.7 Å². The van der Waals surface area contributed by atoms with Gasteiger partial charge in [-0.1, -0.05) is 19.8 Å². The van der Waals surface area contributed by atoms with E-state index in [2.05, 4.69) is 12.2 Å². The van der Waals surface area contributed by atoms with Gasteiger partial charge in [-0.05, 0) is 44.6 Å². The Labute approximate surface area is 118 Å². The fourth-order valence-corrected chi connectivity index (χ4v) is 5.05. The SMILES string of the molecule is CCC1CCCN(S(=O)(=O)CC2CCCCN2)CC1. The predicted molar refractivity (Wildman–Crippen MR) is 78.6 cm³/mol. The molecule has 0 aromatic carbocycles. The van der Waals surface area contributed by atoms with Gasteiger partial charge in [0.05, 0.1) is 5.75 Å². The molecule has 0 radical (unpaired) electrons. The van der Waals surface area contributed by atoms with Gasteiger partial charge in [0, 0.05) is 19.1 Å². The van der Waals surface area contributed by atoms with Gasteiger partial charge in [-0.3, -0.25) is 0 Å². The number of rotatable bonds is 4. The van der Waals surface area contributed by atoms with Crippen molar-refractivity contribution >= 4 is 10.0 Å². The maximum absolute atomic E-state index is 12.5. The summed E-state index contributed by atoms with van der Waals surface area (Å²) >= 11 is 0. The molecule has 0 bridgehead atoms. The van der Waals surface area contributed by atoms with E-state index in [4.69, 9.17) is 0 Å². The molecule has 2 atom stereocenters. The van der Waals surface area contributed by atoms with Crippen molar-refractivity contribution in [3.8, 4) is 0 Å². The fraction of sp³-hybridized carbons (Fsp3) is 1.00. The average Bonchev–Trinajstić information content (AvgIpc) is 2.65. The normalized spacial score (nSPS) is 31.0. The fourth-order valence-electron chi connectivity index (χ4n) is 3.25. The standard InChI is InChI=1S/C14H28N2O2S/c1-2-13-6-5-10-16(11-8-13)19(17,18)12-14-7-3-4-9-15-14/h13-15H,2-12H2,1H3. The monoisotopic (exact) mass is 288 g/mol. The molecule has 0 saturated carbocycles. The van der Waals surface area contributed by atoms with Crippen LogP contribution in [0.5, 0.6) is 0 Å². The van der Waals surface area contributed by atoms with Crippen LogP contribution in [0.4, 0.5) is 0 Å². The van der Waals surface area contributed by atoms with Crippen molar-refractivity contribution in [2.24, 2.45) is 5.92 Å². The summed E-state index contributed by atoms with van der Waals surface area (Å²) in [6.07, 6.45) is 7.76. The van der Waals surface area contributed by atoms with E-state index in [1.54, 1.807) is 4.31 Å². The van der Waals surface area contributed by atoms with Crippen molar-refractivity contribution in [1.29, 1.82) is 0 Å². The summed E-state index contributed by atoms with van der Waals surface area (Å²) in [7, 11) is -3.07. The van der Waals surface area contributed by atoms with Gasteiger partial charge < -0.3 is 5.32 Å². The lowest BCUT2D eigenvalue weighted by atomic mass is 9.98. The third-order valence-corrected chi connectivity index (χ3v) is 6.58. The molecule has 112 valence electrons. The van der Waals surface area contributed by atoms with Crippen LogP contribution in [0.3, 0.4) is 0 Å². The van der Waals surface area contributed by atoms with E-state index in [1.165, 1.54) is 19.3 Å². The highest BCUT2D eigenvalue weighted by Crippen LogP contribution is 2.22. The minimum atomic E-state index is -3.07. The Kier molecular flexibility index (Phi) is 5.66. The smallest absolute Gasteiger partial charge is 0.215 e. The Hall–Kier alpha value is -0.130. The van der Waals surface area contributed by atoms with Crippen LogP contribution in [0.25, 0.3) is 0 Å². The molecular weight excluding hydrogens is 260 g/mol. The van der Waals surface area contributed by atoms with Crippen LogP contribution in [0.2, 0.25) is 0 Å². The van der Waals surface area contributed by atoms with Crippen molar-refractivity contribution < 1.29 is 8.42 Å². The average molecular weight is 288 g/mol. The minimum Gasteiger partial charge on any atom is -0.313 e. The highest BCUT2D eigenvalue weighted by molar-refractivity contribution is 7.89. The second kappa shape index (κ2) is 7.04. The topological polar surface area (TPSA) is 49.4 Å². The van der Waals surface area contributed by atoms with Crippen molar-refractivity contribution in [1.82, 2.24) is 9.62 Å². The van der Waals surface area contributed by atoms with Crippen molar-refractivity contribution in [3.05, 3.63) is 0 Å². The van der Waals surface area contributed by atoms with Crippen LogP contribution < -0.4 is 5.32 Å². The molecule has 2 aliphatic rings. The zero-order valence-electron chi connectivity index (χ0n) is 12.1. The van der Waals surface area contributed by atoms with E-state index < -0.39 is 10.0 Å². The van der Waals surface area contributed by atoms with Crippen molar-refractivity contribution in [2.45, 2.75) is 57.9 Å². The first-order chi connectivity index (χ1) is 9.12. The summed E-state index contributed by atoms with van der Waals surface area (Å²) in [4.78, 5) is 0. The van der Waals surface area contributed by atoms with Gasteiger partial charge in [0.1, 0.15) is 0 Å². The second-order valence-corrected chi connectivity index (χ2v) is 8.04. The minimum absolute atomic E-state index is 0.170. The quantitative estimate of drug-likeness (QED) is 0.860. The lowest BCUT2D eigenvalue weighted by Gasteiger charge is -2.27. The molecule has 19 heavy (non-hydrogen) atoms. The molecule has 0 aliphatic carbocycles. The number of hydrogen-bond donors (Lipinski definition) is 1. The van der Waals surface area contributed by atoms with Gasteiger partial charge in [0.2, 0.25) is 10.0 Å². The lowest BCUT2D eigenvalue weighted by Crippen LogP contribution is -2.44. The second-order valence-electron chi connectivity index (χ2n) is 6.03. The van der Waals surface area contributed by atoms with Crippen LogP contribution in [0, 0.1) is 5.92 Å². The zero-order chi connectivity index (χ0) is 13.7. The van der Waals surface area contributed by atoms with E-state index in [1.807, 2.05) is 0 Å². The van der Waals surface area contributed by atoms with E-state index >= 15 is 0 Å². The summed E-state index contributed by atoms with van der Waals surface area (Å²) in [5, 5.41) is 3.34. The largest absolute Gasteiger partial charge is 0.313 e. The first kappa shape index (κ1) is 15.3. The van der Waals surface area contributed by atoms with Gasteiger partial charge in [-0.25, -0.2) is 12.7 Å². The summed E-state index contributed by atoms with van der Waals surface area (Å²) < 4.78 is 26.7. The lowest BCUT2D eigenvalue weighted by molar-refractivity contribution is 0.388. The van der Waals surface area contributed by atoms with Gasteiger partial charge in [-0.15, -0.1) is 0 Å². The van der Waals surface area contributed by atoms with Crippen LogP contribution >= 0.6 is 0 Å². The molecule has 2 aliphatic heterocycles. The van der Waals surface area contributed by atoms with Crippen LogP contribution in [-0.4, -0.2) is 44.2 Å². The Balaban J connectivity index is 1.90. The van der Waals surface area contributed by atoms with Gasteiger partial charge in [0.15, 0.2) is 0 Å². The molecule has 2 heterocycles. The number of nitrogens with one attached hydrogen (secondary N) is 1. The summed E-state index contributed by atoms with van der Waals surface area (Å²) in [5.74, 6) is 1.01.